The molecule has 0 spiro atoms. The van der Waals surface area contributed by atoms with E-state index in [1.807, 2.05) is 6.07 Å². The number of fused-ring (bicyclic) bond motifs is 1. The number of anilines is 2. The van der Waals surface area contributed by atoms with Crippen LogP contribution < -0.4 is 15.5 Å². The van der Waals surface area contributed by atoms with Crippen LogP contribution in [0.5, 0.6) is 0 Å². The third-order valence-electron chi connectivity index (χ3n) is 7.77. The SMILES string of the molecule is CN1CCN(c2cccc3c2C[C@H](c2cc(N4CCCCC4)ccc2C(N)=O)CC3)CC1. The van der Waals surface area contributed by atoms with Crippen LogP contribution in [-0.4, -0.2) is 57.1 Å². The highest BCUT2D eigenvalue weighted by Gasteiger charge is 2.28. The molecule has 0 radical (unpaired) electrons. The maximum absolute atomic E-state index is 12.3. The van der Waals surface area contributed by atoms with Gasteiger partial charge in [-0.1, -0.05) is 12.1 Å². The summed E-state index contributed by atoms with van der Waals surface area (Å²) in [6.07, 6.45) is 6.94. The molecule has 5 rings (SSSR count). The van der Waals surface area contributed by atoms with E-state index in [1.54, 1.807) is 0 Å². The first-order valence-electron chi connectivity index (χ1n) is 12.3. The van der Waals surface area contributed by atoms with Crippen molar-refractivity contribution in [3.8, 4) is 0 Å². The lowest BCUT2D eigenvalue weighted by molar-refractivity contribution is 0.0999. The molecule has 170 valence electrons. The average molecular weight is 433 g/mol. The summed E-state index contributed by atoms with van der Waals surface area (Å²) in [6, 6.07) is 13.2. The van der Waals surface area contributed by atoms with E-state index < -0.39 is 0 Å². The largest absolute Gasteiger partial charge is 0.372 e. The van der Waals surface area contributed by atoms with Crippen molar-refractivity contribution in [3.05, 3.63) is 58.7 Å². The number of benzene rings is 2. The van der Waals surface area contributed by atoms with Crippen LogP contribution in [0.3, 0.4) is 0 Å². The predicted molar refractivity (Wildman–Crippen MR) is 132 cm³/mol. The van der Waals surface area contributed by atoms with Gasteiger partial charge in [-0.15, -0.1) is 0 Å². The summed E-state index contributed by atoms with van der Waals surface area (Å²) in [6.45, 7) is 6.59. The number of hydrogen-bond acceptors (Lipinski definition) is 4. The molecule has 0 aromatic heterocycles. The number of amides is 1. The van der Waals surface area contributed by atoms with Gasteiger partial charge in [-0.25, -0.2) is 0 Å². The Morgan fingerprint density at radius 2 is 1.72 bits per heavy atom. The minimum absolute atomic E-state index is 0.302. The van der Waals surface area contributed by atoms with E-state index in [4.69, 9.17) is 5.73 Å². The van der Waals surface area contributed by atoms with E-state index in [0.29, 0.717) is 11.5 Å². The molecule has 32 heavy (non-hydrogen) atoms. The zero-order valence-corrected chi connectivity index (χ0v) is 19.4. The molecule has 1 atom stereocenters. The molecule has 2 aromatic rings. The number of primary amides is 1. The molecule has 5 heteroatoms. The van der Waals surface area contributed by atoms with Crippen LogP contribution in [0.4, 0.5) is 11.4 Å². The Balaban J connectivity index is 1.46. The van der Waals surface area contributed by atoms with Gasteiger partial charge in [-0.2, -0.15) is 0 Å². The molecule has 0 saturated carbocycles. The van der Waals surface area contributed by atoms with Gasteiger partial charge in [0.05, 0.1) is 0 Å². The molecule has 2 heterocycles. The molecule has 2 aliphatic heterocycles. The molecule has 1 amide bonds. The summed E-state index contributed by atoms with van der Waals surface area (Å²) in [5.74, 6) is 0.0340. The molecule has 2 aromatic carbocycles. The smallest absolute Gasteiger partial charge is 0.248 e. The number of carbonyl (C=O) groups excluding carboxylic acids is 1. The Morgan fingerprint density at radius 3 is 2.47 bits per heavy atom. The van der Waals surface area contributed by atoms with Crippen LogP contribution in [0.15, 0.2) is 36.4 Å². The predicted octanol–water partition coefficient (Wildman–Crippen LogP) is 3.80. The number of piperidine rings is 1. The van der Waals surface area contributed by atoms with Crippen molar-refractivity contribution in [1.82, 2.24) is 4.90 Å². The molecule has 2 N–H and O–H groups in total. The Labute approximate surface area is 192 Å². The van der Waals surface area contributed by atoms with Gasteiger partial charge < -0.3 is 20.4 Å². The molecule has 1 aliphatic carbocycles. The van der Waals surface area contributed by atoms with Gasteiger partial charge in [0, 0.05) is 56.2 Å². The van der Waals surface area contributed by atoms with Crippen molar-refractivity contribution in [1.29, 1.82) is 0 Å². The molecule has 0 bridgehead atoms. The van der Waals surface area contributed by atoms with E-state index in [0.717, 1.165) is 64.1 Å². The van der Waals surface area contributed by atoms with E-state index in [2.05, 4.69) is 52.1 Å². The summed E-state index contributed by atoms with van der Waals surface area (Å²) >= 11 is 0. The van der Waals surface area contributed by atoms with Gasteiger partial charge in [0.1, 0.15) is 0 Å². The summed E-state index contributed by atoms with van der Waals surface area (Å²) in [4.78, 5) is 19.8. The lowest BCUT2D eigenvalue weighted by Gasteiger charge is -2.37. The Hall–Kier alpha value is -2.53. The molecule has 2 fully saturated rings. The number of hydrogen-bond donors (Lipinski definition) is 1. The molecule has 0 unspecified atom stereocenters. The lowest BCUT2D eigenvalue weighted by atomic mass is 9.77. The van der Waals surface area contributed by atoms with Crippen molar-refractivity contribution in [2.45, 2.75) is 44.4 Å². The molecule has 2 saturated heterocycles. The van der Waals surface area contributed by atoms with Crippen molar-refractivity contribution in [2.24, 2.45) is 5.73 Å². The first kappa shape index (κ1) is 21.3. The van der Waals surface area contributed by atoms with Gasteiger partial charge in [-0.05, 0) is 92.4 Å². The van der Waals surface area contributed by atoms with Crippen LogP contribution in [-0.2, 0) is 12.8 Å². The van der Waals surface area contributed by atoms with Crippen molar-refractivity contribution < 1.29 is 4.79 Å². The van der Waals surface area contributed by atoms with E-state index >= 15 is 0 Å². The van der Waals surface area contributed by atoms with Crippen molar-refractivity contribution in [2.75, 3.05) is 56.1 Å². The number of carbonyl (C=O) groups is 1. The maximum Gasteiger partial charge on any atom is 0.248 e. The van der Waals surface area contributed by atoms with Crippen LogP contribution in [0, 0.1) is 0 Å². The minimum atomic E-state index is -0.302. The Kier molecular flexibility index (Phi) is 6.09. The standard InChI is InChI=1S/C27H36N4O/c1-29-14-16-31(17-15-29)26-7-5-6-20-8-9-21(18-25(20)26)24-19-22(10-11-23(24)27(28)32)30-12-3-2-4-13-30/h5-7,10-11,19,21H,2-4,8-9,12-18H2,1H3,(H2,28,32)/t21-/m1/s1. The quantitative estimate of drug-likeness (QED) is 0.799. The van der Waals surface area contributed by atoms with Crippen LogP contribution >= 0.6 is 0 Å². The highest BCUT2D eigenvalue weighted by molar-refractivity contribution is 5.95. The number of aryl methyl sites for hydroxylation is 1. The van der Waals surface area contributed by atoms with E-state index in [9.17, 15) is 4.79 Å². The fraction of sp³-hybridized carbons (Fsp3) is 0.519. The zero-order valence-electron chi connectivity index (χ0n) is 19.4. The van der Waals surface area contributed by atoms with E-state index in [1.165, 1.54) is 41.8 Å². The second-order valence-electron chi connectivity index (χ2n) is 9.83. The fourth-order valence-corrected chi connectivity index (χ4v) is 5.84. The van der Waals surface area contributed by atoms with Gasteiger partial charge in [-0.3, -0.25) is 4.79 Å². The van der Waals surface area contributed by atoms with Gasteiger partial charge in [0.25, 0.3) is 0 Å². The maximum atomic E-state index is 12.3. The summed E-state index contributed by atoms with van der Waals surface area (Å²) in [5, 5.41) is 0. The fourth-order valence-electron chi connectivity index (χ4n) is 5.84. The normalized spacial score (nSPS) is 22.0. The first-order valence-corrected chi connectivity index (χ1v) is 12.3. The highest BCUT2D eigenvalue weighted by atomic mass is 16.1. The molecule has 3 aliphatic rings. The number of nitrogens with two attached hydrogens (primary N) is 1. The van der Waals surface area contributed by atoms with Crippen LogP contribution in [0.2, 0.25) is 0 Å². The van der Waals surface area contributed by atoms with Gasteiger partial charge in [0.2, 0.25) is 5.91 Å². The van der Waals surface area contributed by atoms with E-state index in [-0.39, 0.29) is 5.91 Å². The monoisotopic (exact) mass is 432 g/mol. The van der Waals surface area contributed by atoms with Crippen LogP contribution in [0.1, 0.15) is 58.6 Å². The number of rotatable bonds is 4. The molecular formula is C27H36N4O. The summed E-state index contributed by atoms with van der Waals surface area (Å²) in [5.41, 5.74) is 13.3. The third kappa shape index (κ3) is 4.23. The van der Waals surface area contributed by atoms with Gasteiger partial charge >= 0.3 is 0 Å². The number of likely N-dealkylation sites (N-methyl/N-ethyl adjacent to an activating group) is 1. The van der Waals surface area contributed by atoms with Gasteiger partial charge in [0.15, 0.2) is 0 Å². The highest BCUT2D eigenvalue weighted by Crippen LogP contribution is 2.40. The zero-order chi connectivity index (χ0) is 22.1. The molecule has 5 nitrogen and oxygen atoms in total. The van der Waals surface area contributed by atoms with Crippen molar-refractivity contribution >= 4 is 17.3 Å². The summed E-state index contributed by atoms with van der Waals surface area (Å²) < 4.78 is 0. The number of nitrogens with zero attached hydrogens (tertiary/aromatic N) is 3. The second kappa shape index (κ2) is 9.14. The van der Waals surface area contributed by atoms with Crippen LogP contribution in [0.25, 0.3) is 0 Å². The Bertz CT molecular complexity index is 974. The third-order valence-corrected chi connectivity index (χ3v) is 7.77. The second-order valence-corrected chi connectivity index (χ2v) is 9.83. The molecular weight excluding hydrogens is 396 g/mol. The van der Waals surface area contributed by atoms with Crippen molar-refractivity contribution in [3.63, 3.8) is 0 Å². The first-order chi connectivity index (χ1) is 15.6. The minimum Gasteiger partial charge on any atom is -0.372 e. The Morgan fingerprint density at radius 1 is 0.938 bits per heavy atom. The topological polar surface area (TPSA) is 52.8 Å². The average Bonchev–Trinajstić information content (AvgIpc) is 2.84. The summed E-state index contributed by atoms with van der Waals surface area (Å²) in [7, 11) is 2.20. The lowest BCUT2D eigenvalue weighted by Crippen LogP contribution is -2.45. The number of piperazine rings is 1.